The van der Waals surface area contributed by atoms with E-state index < -0.39 is 6.10 Å². The molecule has 0 aliphatic heterocycles. The molecule has 0 radical (unpaired) electrons. The van der Waals surface area contributed by atoms with Crippen LogP contribution in [0.1, 0.15) is 42.5 Å². The number of carbonyl (C=O) groups excluding carboxylic acids is 1. The maximum absolute atomic E-state index is 12.6. The molecule has 1 aliphatic carbocycles. The lowest BCUT2D eigenvalue weighted by Crippen LogP contribution is -2.39. The summed E-state index contributed by atoms with van der Waals surface area (Å²) < 4.78 is 11.0. The lowest BCUT2D eigenvalue weighted by atomic mass is 9.87. The van der Waals surface area contributed by atoms with Gasteiger partial charge in [-0.3, -0.25) is 4.79 Å². The molecule has 1 amide bonds. The van der Waals surface area contributed by atoms with E-state index in [0.29, 0.717) is 17.1 Å². The number of hydrogen-bond acceptors (Lipinski definition) is 4. The van der Waals surface area contributed by atoms with Crippen LogP contribution in [0.5, 0.6) is 11.5 Å². The van der Waals surface area contributed by atoms with Gasteiger partial charge < -0.3 is 14.8 Å². The third-order valence-electron chi connectivity index (χ3n) is 4.65. The number of nitrogens with one attached hydrogen (secondary N) is 1. The van der Waals surface area contributed by atoms with Crippen molar-refractivity contribution >= 4 is 5.91 Å². The van der Waals surface area contributed by atoms with E-state index in [4.69, 9.17) is 14.7 Å². The van der Waals surface area contributed by atoms with Gasteiger partial charge in [0.05, 0.1) is 24.8 Å². The van der Waals surface area contributed by atoms with Crippen LogP contribution >= 0.6 is 0 Å². The van der Waals surface area contributed by atoms with Gasteiger partial charge in [-0.1, -0.05) is 24.3 Å². The Labute approximate surface area is 153 Å². The summed E-state index contributed by atoms with van der Waals surface area (Å²) >= 11 is 0. The average Bonchev–Trinajstić information content (AvgIpc) is 2.68. The van der Waals surface area contributed by atoms with Crippen molar-refractivity contribution in [1.82, 2.24) is 5.32 Å². The second-order valence-corrected chi connectivity index (χ2v) is 6.39. The number of aryl methyl sites for hydroxylation is 1. The number of rotatable bonds is 5. The molecule has 0 saturated carbocycles. The van der Waals surface area contributed by atoms with Crippen molar-refractivity contribution in [2.45, 2.75) is 38.3 Å². The molecule has 0 spiro atoms. The molecule has 134 valence electrons. The minimum atomic E-state index is -0.675. The SMILES string of the molecule is COc1cc(C#N)ccc1O[C@@H](C)C(=O)N[C@@H]1CCCc2ccccc21. The van der Waals surface area contributed by atoms with Gasteiger partial charge in [0.2, 0.25) is 0 Å². The third-order valence-corrected chi connectivity index (χ3v) is 4.65. The predicted molar refractivity (Wildman–Crippen MR) is 98.1 cm³/mol. The quantitative estimate of drug-likeness (QED) is 0.895. The predicted octanol–water partition coefficient (Wildman–Crippen LogP) is 3.53. The average molecular weight is 350 g/mol. The van der Waals surface area contributed by atoms with Crippen LogP contribution < -0.4 is 14.8 Å². The van der Waals surface area contributed by atoms with E-state index in [-0.39, 0.29) is 11.9 Å². The Balaban J connectivity index is 1.69. The lowest BCUT2D eigenvalue weighted by Gasteiger charge is -2.27. The summed E-state index contributed by atoms with van der Waals surface area (Å²) in [5.41, 5.74) is 2.96. The largest absolute Gasteiger partial charge is 0.493 e. The summed E-state index contributed by atoms with van der Waals surface area (Å²) in [7, 11) is 1.51. The molecular weight excluding hydrogens is 328 g/mol. The molecule has 1 N–H and O–H groups in total. The third kappa shape index (κ3) is 3.80. The smallest absolute Gasteiger partial charge is 0.261 e. The first-order chi connectivity index (χ1) is 12.6. The maximum atomic E-state index is 12.6. The molecule has 2 atom stereocenters. The number of carbonyl (C=O) groups is 1. The fraction of sp³-hybridized carbons (Fsp3) is 0.333. The first-order valence-corrected chi connectivity index (χ1v) is 8.75. The molecule has 26 heavy (non-hydrogen) atoms. The number of fused-ring (bicyclic) bond motifs is 1. The highest BCUT2D eigenvalue weighted by molar-refractivity contribution is 5.81. The molecule has 0 aromatic heterocycles. The van der Waals surface area contributed by atoms with E-state index in [1.807, 2.05) is 12.1 Å². The van der Waals surface area contributed by atoms with Crippen molar-refractivity contribution in [3.63, 3.8) is 0 Å². The lowest BCUT2D eigenvalue weighted by molar-refractivity contribution is -0.128. The van der Waals surface area contributed by atoms with Crippen molar-refractivity contribution in [1.29, 1.82) is 5.26 Å². The Morgan fingerprint density at radius 3 is 2.85 bits per heavy atom. The number of methoxy groups -OCH3 is 1. The number of benzene rings is 2. The van der Waals surface area contributed by atoms with Crippen LogP contribution in [0.4, 0.5) is 0 Å². The van der Waals surface area contributed by atoms with Crippen molar-refractivity contribution in [2.24, 2.45) is 0 Å². The Morgan fingerprint density at radius 1 is 1.27 bits per heavy atom. The number of nitriles is 1. The van der Waals surface area contributed by atoms with Gasteiger partial charge in [0, 0.05) is 6.07 Å². The number of ether oxygens (including phenoxy) is 2. The molecule has 0 fully saturated rings. The molecule has 1 aliphatic rings. The Kier molecular flexibility index (Phi) is 5.43. The molecule has 0 unspecified atom stereocenters. The van der Waals surface area contributed by atoms with Gasteiger partial charge >= 0.3 is 0 Å². The van der Waals surface area contributed by atoms with Gasteiger partial charge in [-0.2, -0.15) is 5.26 Å². The molecule has 5 heteroatoms. The summed E-state index contributed by atoms with van der Waals surface area (Å²) in [6.07, 6.45) is 2.36. The van der Waals surface area contributed by atoms with Crippen molar-refractivity contribution in [2.75, 3.05) is 7.11 Å². The van der Waals surface area contributed by atoms with Crippen LogP contribution in [-0.4, -0.2) is 19.1 Å². The Morgan fingerprint density at radius 2 is 2.08 bits per heavy atom. The van der Waals surface area contributed by atoms with Crippen LogP contribution in [0.25, 0.3) is 0 Å². The van der Waals surface area contributed by atoms with Gasteiger partial charge in [-0.25, -0.2) is 0 Å². The zero-order chi connectivity index (χ0) is 18.5. The summed E-state index contributed by atoms with van der Waals surface area (Å²) in [6, 6.07) is 15.2. The zero-order valence-corrected chi connectivity index (χ0v) is 15.0. The summed E-state index contributed by atoms with van der Waals surface area (Å²) in [6.45, 7) is 1.71. The highest BCUT2D eigenvalue weighted by Crippen LogP contribution is 2.31. The Bertz CT molecular complexity index is 841. The van der Waals surface area contributed by atoms with Crippen LogP contribution in [0.3, 0.4) is 0 Å². The second kappa shape index (κ2) is 7.92. The zero-order valence-electron chi connectivity index (χ0n) is 15.0. The minimum Gasteiger partial charge on any atom is -0.493 e. The molecule has 0 saturated heterocycles. The number of hydrogen-bond donors (Lipinski definition) is 1. The van der Waals surface area contributed by atoms with E-state index in [2.05, 4.69) is 23.5 Å². The van der Waals surface area contributed by atoms with Gasteiger partial charge in [-0.15, -0.1) is 0 Å². The van der Waals surface area contributed by atoms with Gasteiger partial charge in [0.15, 0.2) is 17.6 Å². The summed E-state index contributed by atoms with van der Waals surface area (Å²) in [5, 5.41) is 12.1. The molecule has 2 aromatic carbocycles. The molecule has 5 nitrogen and oxygen atoms in total. The molecule has 0 bridgehead atoms. The number of amides is 1. The number of nitrogens with zero attached hydrogens (tertiary/aromatic N) is 1. The molecular formula is C21H22N2O3. The topological polar surface area (TPSA) is 71.3 Å². The van der Waals surface area contributed by atoms with Crippen LogP contribution in [0.2, 0.25) is 0 Å². The van der Waals surface area contributed by atoms with E-state index >= 15 is 0 Å². The van der Waals surface area contributed by atoms with Crippen molar-refractivity contribution in [3.05, 3.63) is 59.2 Å². The normalized spacial score (nSPS) is 16.7. The fourth-order valence-corrected chi connectivity index (χ4v) is 3.27. The van der Waals surface area contributed by atoms with Gasteiger partial charge in [-0.05, 0) is 49.4 Å². The van der Waals surface area contributed by atoms with E-state index in [0.717, 1.165) is 19.3 Å². The van der Waals surface area contributed by atoms with Crippen molar-refractivity contribution in [3.8, 4) is 17.6 Å². The summed E-state index contributed by atoms with van der Waals surface area (Å²) in [4.78, 5) is 12.6. The van der Waals surface area contributed by atoms with Crippen LogP contribution in [-0.2, 0) is 11.2 Å². The van der Waals surface area contributed by atoms with Gasteiger partial charge in [0.25, 0.3) is 5.91 Å². The highest BCUT2D eigenvalue weighted by Gasteiger charge is 2.25. The van der Waals surface area contributed by atoms with E-state index in [1.165, 1.54) is 18.2 Å². The minimum absolute atomic E-state index is 0.0151. The van der Waals surface area contributed by atoms with Gasteiger partial charge in [0.1, 0.15) is 0 Å². The van der Waals surface area contributed by atoms with E-state index in [1.54, 1.807) is 25.1 Å². The fourth-order valence-electron chi connectivity index (χ4n) is 3.27. The second-order valence-electron chi connectivity index (χ2n) is 6.39. The Hall–Kier alpha value is -3.00. The van der Waals surface area contributed by atoms with Crippen LogP contribution in [0, 0.1) is 11.3 Å². The maximum Gasteiger partial charge on any atom is 0.261 e. The molecule has 3 rings (SSSR count). The monoisotopic (exact) mass is 350 g/mol. The first kappa shape index (κ1) is 17.8. The van der Waals surface area contributed by atoms with Crippen molar-refractivity contribution < 1.29 is 14.3 Å². The molecule has 2 aromatic rings. The standard InChI is InChI=1S/C21H22N2O3/c1-14(26-19-11-10-15(13-22)12-20(19)25-2)21(24)23-18-9-5-7-16-6-3-4-8-17(16)18/h3-4,6,8,10-12,14,18H,5,7,9H2,1-2H3,(H,23,24)/t14-,18+/m0/s1. The first-order valence-electron chi connectivity index (χ1n) is 8.75. The molecule has 0 heterocycles. The highest BCUT2D eigenvalue weighted by atomic mass is 16.5. The van der Waals surface area contributed by atoms with E-state index in [9.17, 15) is 4.79 Å². The summed E-state index contributed by atoms with van der Waals surface area (Å²) in [5.74, 6) is 0.711. The van der Waals surface area contributed by atoms with Crippen LogP contribution in [0.15, 0.2) is 42.5 Å².